The van der Waals surface area contributed by atoms with E-state index < -0.39 is 11.9 Å². The molecule has 28 heavy (non-hydrogen) atoms. The molecule has 0 bridgehead atoms. The third-order valence-corrected chi connectivity index (χ3v) is 5.11. The average Bonchev–Trinajstić information content (AvgIpc) is 3.18. The van der Waals surface area contributed by atoms with Crippen molar-refractivity contribution in [3.63, 3.8) is 0 Å². The van der Waals surface area contributed by atoms with E-state index in [9.17, 15) is 19.5 Å². The fourth-order valence-corrected chi connectivity index (χ4v) is 3.59. The minimum atomic E-state index is -0.876. The average molecular weight is 380 g/mol. The van der Waals surface area contributed by atoms with Crippen molar-refractivity contribution < 1.29 is 19.5 Å². The highest BCUT2D eigenvalue weighted by Crippen LogP contribution is 2.33. The summed E-state index contributed by atoms with van der Waals surface area (Å²) < 4.78 is 0. The van der Waals surface area contributed by atoms with Gasteiger partial charge >= 0.3 is 5.97 Å². The highest BCUT2D eigenvalue weighted by atomic mass is 16.4. The molecule has 146 valence electrons. The summed E-state index contributed by atoms with van der Waals surface area (Å²) in [5.41, 5.74) is 1.53. The minimum Gasteiger partial charge on any atom is -0.481 e. The molecule has 0 spiro atoms. The summed E-state index contributed by atoms with van der Waals surface area (Å²) in [5, 5.41) is 12.3. The summed E-state index contributed by atoms with van der Waals surface area (Å²) in [5.74, 6) is -1.90. The molecule has 6 heteroatoms. The zero-order chi connectivity index (χ0) is 19.9. The third-order valence-electron chi connectivity index (χ3n) is 5.11. The molecule has 0 aromatic heterocycles. The molecule has 3 rings (SSSR count). The van der Waals surface area contributed by atoms with Gasteiger partial charge in [0, 0.05) is 37.5 Å². The predicted octanol–water partition coefficient (Wildman–Crippen LogP) is 2.52. The molecule has 1 aliphatic rings. The fourth-order valence-electron chi connectivity index (χ4n) is 3.59. The number of carboxylic acid groups (broad SMARTS) is 1. The maximum atomic E-state index is 12.5. The first-order valence-corrected chi connectivity index (χ1v) is 9.45. The summed E-state index contributed by atoms with van der Waals surface area (Å²) in [6.07, 6.45) is 0.796. The topological polar surface area (TPSA) is 86.7 Å². The van der Waals surface area contributed by atoms with Crippen molar-refractivity contribution in [2.45, 2.75) is 18.8 Å². The Balaban J connectivity index is 1.49. The van der Waals surface area contributed by atoms with Crippen molar-refractivity contribution in [2.24, 2.45) is 5.92 Å². The third kappa shape index (κ3) is 4.76. The number of nitrogens with one attached hydrogen (secondary N) is 1. The van der Waals surface area contributed by atoms with Crippen molar-refractivity contribution in [1.29, 1.82) is 0 Å². The van der Waals surface area contributed by atoms with Crippen LogP contribution < -0.4 is 5.32 Å². The van der Waals surface area contributed by atoms with Gasteiger partial charge in [-0.05, 0) is 24.1 Å². The van der Waals surface area contributed by atoms with Gasteiger partial charge in [0.15, 0.2) is 0 Å². The van der Waals surface area contributed by atoms with Gasteiger partial charge in [0.1, 0.15) is 0 Å². The number of carbonyl (C=O) groups is 3. The molecule has 0 aliphatic carbocycles. The molecule has 6 nitrogen and oxygen atoms in total. The summed E-state index contributed by atoms with van der Waals surface area (Å²) in [7, 11) is 0. The summed E-state index contributed by atoms with van der Waals surface area (Å²) >= 11 is 0. The Morgan fingerprint density at radius 1 is 0.964 bits per heavy atom. The predicted molar refractivity (Wildman–Crippen MR) is 105 cm³/mol. The van der Waals surface area contributed by atoms with E-state index in [-0.39, 0.29) is 30.7 Å². The summed E-state index contributed by atoms with van der Waals surface area (Å²) in [4.78, 5) is 37.8. The Morgan fingerprint density at radius 2 is 1.61 bits per heavy atom. The van der Waals surface area contributed by atoms with Gasteiger partial charge in [0.05, 0.1) is 5.92 Å². The van der Waals surface area contributed by atoms with E-state index in [0.29, 0.717) is 25.1 Å². The maximum Gasteiger partial charge on any atom is 0.308 e. The van der Waals surface area contributed by atoms with Crippen LogP contribution in [0.2, 0.25) is 0 Å². The van der Waals surface area contributed by atoms with E-state index in [1.54, 1.807) is 29.2 Å². The van der Waals surface area contributed by atoms with Crippen LogP contribution in [-0.2, 0) is 9.59 Å². The Morgan fingerprint density at radius 3 is 2.25 bits per heavy atom. The molecule has 1 saturated heterocycles. The number of hydrogen-bond acceptors (Lipinski definition) is 3. The number of benzene rings is 2. The number of nitrogens with zero attached hydrogens (tertiary/aromatic N) is 1. The molecule has 2 atom stereocenters. The van der Waals surface area contributed by atoms with Crippen LogP contribution in [0.4, 0.5) is 0 Å². The van der Waals surface area contributed by atoms with Gasteiger partial charge < -0.3 is 15.3 Å². The van der Waals surface area contributed by atoms with Gasteiger partial charge in [-0.2, -0.15) is 0 Å². The molecular weight excluding hydrogens is 356 g/mol. The van der Waals surface area contributed by atoms with Gasteiger partial charge in [-0.1, -0.05) is 48.5 Å². The molecule has 1 fully saturated rings. The maximum absolute atomic E-state index is 12.5. The smallest absolute Gasteiger partial charge is 0.308 e. The van der Waals surface area contributed by atoms with Crippen molar-refractivity contribution in [1.82, 2.24) is 10.2 Å². The highest BCUT2D eigenvalue weighted by Gasteiger charge is 2.40. The Hall–Kier alpha value is -3.15. The second-order valence-electron chi connectivity index (χ2n) is 6.99. The molecule has 2 N–H and O–H groups in total. The Labute approximate surface area is 164 Å². The second-order valence-corrected chi connectivity index (χ2v) is 6.99. The van der Waals surface area contributed by atoms with Crippen LogP contribution in [0.5, 0.6) is 0 Å². The second kappa shape index (κ2) is 9.17. The lowest BCUT2D eigenvalue weighted by Gasteiger charge is -2.16. The summed E-state index contributed by atoms with van der Waals surface area (Å²) in [6.45, 7) is 1.04. The van der Waals surface area contributed by atoms with Crippen LogP contribution in [0.1, 0.15) is 34.7 Å². The molecule has 1 heterocycles. The number of carboxylic acids is 1. The number of amides is 2. The van der Waals surface area contributed by atoms with Gasteiger partial charge in [-0.15, -0.1) is 0 Å². The molecule has 2 aromatic carbocycles. The molecule has 0 unspecified atom stereocenters. The van der Waals surface area contributed by atoms with Crippen LogP contribution in [-0.4, -0.2) is 47.4 Å². The van der Waals surface area contributed by atoms with Gasteiger partial charge in [-0.3, -0.25) is 14.4 Å². The van der Waals surface area contributed by atoms with E-state index in [2.05, 4.69) is 5.32 Å². The number of carbonyl (C=O) groups excluding carboxylic acids is 2. The number of likely N-dealkylation sites (tertiary alicyclic amines) is 1. The lowest BCUT2D eigenvalue weighted by Crippen LogP contribution is -2.31. The van der Waals surface area contributed by atoms with Crippen LogP contribution in [0.15, 0.2) is 60.7 Å². The zero-order valence-electron chi connectivity index (χ0n) is 15.6. The van der Waals surface area contributed by atoms with Crippen molar-refractivity contribution >= 4 is 17.8 Å². The molecule has 2 aromatic rings. The van der Waals surface area contributed by atoms with E-state index >= 15 is 0 Å². The van der Waals surface area contributed by atoms with E-state index in [0.717, 1.165) is 5.56 Å². The monoisotopic (exact) mass is 380 g/mol. The SMILES string of the molecule is O=C(NCCCC(=O)N1C[C@H](c2ccccc2)[C@H](C(=O)O)C1)c1ccccc1. The van der Waals surface area contributed by atoms with E-state index in [1.807, 2.05) is 36.4 Å². The number of hydrogen-bond donors (Lipinski definition) is 2. The molecule has 0 saturated carbocycles. The molecule has 2 amide bonds. The summed E-state index contributed by atoms with van der Waals surface area (Å²) in [6, 6.07) is 18.4. The minimum absolute atomic E-state index is 0.0707. The lowest BCUT2D eigenvalue weighted by atomic mass is 9.89. The van der Waals surface area contributed by atoms with Crippen molar-refractivity contribution in [3.8, 4) is 0 Å². The van der Waals surface area contributed by atoms with Crippen LogP contribution in [0.25, 0.3) is 0 Å². The zero-order valence-corrected chi connectivity index (χ0v) is 15.6. The van der Waals surface area contributed by atoms with Gasteiger partial charge in [0.2, 0.25) is 5.91 Å². The molecule has 0 radical (unpaired) electrons. The lowest BCUT2D eigenvalue weighted by molar-refractivity contribution is -0.141. The first-order valence-electron chi connectivity index (χ1n) is 9.45. The Kier molecular flexibility index (Phi) is 6.42. The quantitative estimate of drug-likeness (QED) is 0.723. The van der Waals surface area contributed by atoms with Crippen molar-refractivity contribution in [3.05, 3.63) is 71.8 Å². The van der Waals surface area contributed by atoms with E-state index in [4.69, 9.17) is 0 Å². The fraction of sp³-hybridized carbons (Fsp3) is 0.318. The normalized spacial score (nSPS) is 18.6. The molecule has 1 aliphatic heterocycles. The van der Waals surface area contributed by atoms with Crippen LogP contribution >= 0.6 is 0 Å². The van der Waals surface area contributed by atoms with Gasteiger partial charge in [0.25, 0.3) is 5.91 Å². The van der Waals surface area contributed by atoms with Crippen LogP contribution in [0, 0.1) is 5.92 Å². The Bertz CT molecular complexity index is 823. The van der Waals surface area contributed by atoms with E-state index in [1.165, 1.54) is 0 Å². The van der Waals surface area contributed by atoms with Gasteiger partial charge in [-0.25, -0.2) is 0 Å². The largest absolute Gasteiger partial charge is 0.481 e. The van der Waals surface area contributed by atoms with Crippen LogP contribution in [0.3, 0.4) is 0 Å². The number of rotatable bonds is 7. The highest BCUT2D eigenvalue weighted by molar-refractivity contribution is 5.94. The standard InChI is InChI=1S/C22H24N2O4/c25-20(12-7-13-23-21(26)17-10-5-2-6-11-17)24-14-18(19(15-24)22(27)28)16-8-3-1-4-9-16/h1-6,8-11,18-19H,7,12-15H2,(H,23,26)(H,27,28)/t18-,19-/m1/s1. The first kappa shape index (κ1) is 19.6. The first-order chi connectivity index (χ1) is 13.6. The molecular formula is C22H24N2O4. The van der Waals surface area contributed by atoms with Crippen molar-refractivity contribution in [2.75, 3.05) is 19.6 Å². The number of aliphatic carboxylic acids is 1.